The Labute approximate surface area is 354 Å². The summed E-state index contributed by atoms with van der Waals surface area (Å²) in [6.45, 7) is 1.93. The molecular weight excluding hydrogens is 797 g/mol. The van der Waals surface area contributed by atoms with Crippen molar-refractivity contribution in [3.63, 3.8) is 0 Å². The molecule has 0 aromatic heterocycles. The Morgan fingerprint density at radius 2 is 1.41 bits per heavy atom. The SMILES string of the molecule is NC(N)=NCCC[C@H](NC(=O)[C@@H]1CCCN1C(=O)[C@@H]1CCCN1C(=O)[C@@H]1CCCN1C(=O)CCC(=O)Nc1cccc(-c2ccc(Cl)c(Cl)c2)c1)C(=O)NCCC1CC1. The average Bonchev–Trinajstić information content (AvgIpc) is 3.58. The van der Waals surface area contributed by atoms with E-state index in [1.807, 2.05) is 24.3 Å². The lowest BCUT2D eigenvalue weighted by Gasteiger charge is -2.34. The summed E-state index contributed by atoms with van der Waals surface area (Å²) >= 11 is 12.3. The van der Waals surface area contributed by atoms with E-state index in [0.717, 1.165) is 17.5 Å². The van der Waals surface area contributed by atoms with Gasteiger partial charge in [-0.2, -0.15) is 0 Å². The topological polar surface area (TPSA) is 213 Å². The molecular formula is C42H55Cl2N9O6. The second-order valence-corrected chi connectivity index (χ2v) is 16.7. The fourth-order valence-electron chi connectivity index (χ4n) is 8.30. The minimum atomic E-state index is -0.818. The first-order valence-electron chi connectivity index (χ1n) is 20.8. The van der Waals surface area contributed by atoms with Gasteiger partial charge in [-0.3, -0.25) is 33.8 Å². The van der Waals surface area contributed by atoms with Gasteiger partial charge >= 0.3 is 0 Å². The average molecular weight is 853 g/mol. The van der Waals surface area contributed by atoms with Crippen molar-refractivity contribution in [2.75, 3.05) is 38.0 Å². The van der Waals surface area contributed by atoms with Gasteiger partial charge in [-0.05, 0) is 99.1 Å². The van der Waals surface area contributed by atoms with Crippen LogP contribution in [0.1, 0.15) is 83.5 Å². The predicted molar refractivity (Wildman–Crippen MR) is 226 cm³/mol. The number of amides is 6. The highest BCUT2D eigenvalue weighted by atomic mass is 35.5. The smallest absolute Gasteiger partial charge is 0.246 e. The molecule has 6 amide bonds. The Morgan fingerprint density at radius 1 is 0.763 bits per heavy atom. The molecule has 0 spiro atoms. The minimum absolute atomic E-state index is 0.0487. The maximum absolute atomic E-state index is 14.2. The van der Waals surface area contributed by atoms with Crippen LogP contribution in [0.4, 0.5) is 5.69 Å². The van der Waals surface area contributed by atoms with Gasteiger partial charge in [0.15, 0.2) is 5.96 Å². The molecule has 4 atom stereocenters. The maximum Gasteiger partial charge on any atom is 0.246 e. The predicted octanol–water partition coefficient (Wildman–Crippen LogP) is 3.81. The van der Waals surface area contributed by atoms with Gasteiger partial charge < -0.3 is 42.1 Å². The molecule has 4 aliphatic rings. The summed E-state index contributed by atoms with van der Waals surface area (Å²) in [4.78, 5) is 90.3. The zero-order valence-corrected chi connectivity index (χ0v) is 34.8. The van der Waals surface area contributed by atoms with Crippen molar-refractivity contribution in [2.24, 2.45) is 22.4 Å². The summed E-state index contributed by atoms with van der Waals surface area (Å²) in [6.07, 6.45) is 7.04. The number of anilines is 1. The van der Waals surface area contributed by atoms with E-state index in [1.165, 1.54) is 17.7 Å². The van der Waals surface area contributed by atoms with Crippen molar-refractivity contribution in [2.45, 2.75) is 108 Å². The summed E-state index contributed by atoms with van der Waals surface area (Å²) in [5, 5.41) is 9.57. The molecule has 4 fully saturated rings. The Bertz CT molecular complexity index is 1920. The van der Waals surface area contributed by atoms with Crippen LogP contribution in [0.2, 0.25) is 10.0 Å². The van der Waals surface area contributed by atoms with Crippen molar-refractivity contribution in [3.05, 3.63) is 52.5 Å². The largest absolute Gasteiger partial charge is 0.370 e. The van der Waals surface area contributed by atoms with Gasteiger partial charge in [0.1, 0.15) is 24.2 Å². The third kappa shape index (κ3) is 11.7. The number of hydrogen-bond acceptors (Lipinski definition) is 7. The molecule has 7 N–H and O–H groups in total. The lowest BCUT2D eigenvalue weighted by atomic mass is 10.1. The second kappa shape index (κ2) is 20.4. The van der Waals surface area contributed by atoms with Crippen LogP contribution in [-0.2, 0) is 28.8 Å². The van der Waals surface area contributed by atoms with Crippen LogP contribution < -0.4 is 27.4 Å². The molecule has 2 aromatic carbocycles. The highest BCUT2D eigenvalue weighted by molar-refractivity contribution is 6.42. The number of hydrogen-bond donors (Lipinski definition) is 5. The summed E-state index contributed by atoms with van der Waals surface area (Å²) in [5.41, 5.74) is 13.1. The molecule has 3 heterocycles. The Kier molecular flexibility index (Phi) is 15.1. The van der Waals surface area contributed by atoms with Crippen LogP contribution in [-0.4, -0.2) is 113 Å². The van der Waals surface area contributed by atoms with E-state index in [1.54, 1.807) is 28.0 Å². The molecule has 1 saturated carbocycles. The molecule has 0 bridgehead atoms. The van der Waals surface area contributed by atoms with Gasteiger partial charge in [0.25, 0.3) is 0 Å². The minimum Gasteiger partial charge on any atom is -0.370 e. The van der Waals surface area contributed by atoms with Crippen molar-refractivity contribution in [3.8, 4) is 11.1 Å². The number of benzene rings is 2. The lowest BCUT2D eigenvalue weighted by Crippen LogP contribution is -2.57. The van der Waals surface area contributed by atoms with Crippen LogP contribution in [0, 0.1) is 5.92 Å². The van der Waals surface area contributed by atoms with Crippen LogP contribution in [0.3, 0.4) is 0 Å². The summed E-state index contributed by atoms with van der Waals surface area (Å²) < 4.78 is 0. The molecule has 0 unspecified atom stereocenters. The summed E-state index contributed by atoms with van der Waals surface area (Å²) in [7, 11) is 0. The molecule has 0 radical (unpaired) electrons. The number of nitrogens with two attached hydrogens (primary N) is 2. The molecule has 59 heavy (non-hydrogen) atoms. The fourth-order valence-corrected chi connectivity index (χ4v) is 8.60. The van der Waals surface area contributed by atoms with E-state index in [-0.39, 0.29) is 48.3 Å². The number of nitrogens with zero attached hydrogens (tertiary/aromatic N) is 4. The molecule has 3 aliphatic heterocycles. The van der Waals surface area contributed by atoms with Gasteiger partial charge in [0.2, 0.25) is 35.4 Å². The van der Waals surface area contributed by atoms with E-state index < -0.39 is 30.1 Å². The van der Waals surface area contributed by atoms with E-state index in [9.17, 15) is 28.8 Å². The number of aliphatic imine (C=N–C) groups is 1. The standard InChI is InChI=1S/C42H55Cl2N9O6/c43-30-15-14-28(25-31(30)44)27-6-1-7-29(24-27)49-36(54)16-17-37(55)51-21-4-10-34(51)40(58)53-23-5-11-35(53)41(59)52-22-3-9-33(52)39(57)50-32(8-2-19-48-42(45)46)38(56)47-20-18-26-12-13-26/h1,6-7,14-15,24-26,32-35H,2-5,8-13,16-23H2,(H,47,56)(H,49,54)(H,50,57)(H4,45,46,48)/t32-,33-,34-,35-/m0/s1. The van der Waals surface area contributed by atoms with E-state index in [2.05, 4.69) is 20.9 Å². The van der Waals surface area contributed by atoms with Crippen LogP contribution in [0.5, 0.6) is 0 Å². The van der Waals surface area contributed by atoms with Gasteiger partial charge in [-0.15, -0.1) is 0 Å². The first kappa shape index (κ1) is 43.7. The zero-order valence-electron chi connectivity index (χ0n) is 33.3. The van der Waals surface area contributed by atoms with Gasteiger partial charge in [0.05, 0.1) is 10.0 Å². The number of nitrogens with one attached hydrogen (secondary N) is 3. The Balaban J connectivity index is 1.02. The van der Waals surface area contributed by atoms with Crippen LogP contribution >= 0.6 is 23.2 Å². The Morgan fingerprint density at radius 3 is 2.08 bits per heavy atom. The first-order chi connectivity index (χ1) is 28.4. The molecule has 3 saturated heterocycles. The highest BCUT2D eigenvalue weighted by Crippen LogP contribution is 2.33. The lowest BCUT2D eigenvalue weighted by molar-refractivity contribution is -0.150. The van der Waals surface area contributed by atoms with E-state index in [0.29, 0.717) is 106 Å². The first-order valence-corrected chi connectivity index (χ1v) is 21.5. The fraction of sp³-hybridized carbons (Fsp3) is 0.548. The van der Waals surface area contributed by atoms with Crippen molar-refractivity contribution >= 4 is 70.3 Å². The van der Waals surface area contributed by atoms with Gasteiger partial charge in [0, 0.05) is 51.3 Å². The van der Waals surface area contributed by atoms with E-state index in [4.69, 9.17) is 34.7 Å². The normalized spacial score (nSPS) is 20.6. The van der Waals surface area contributed by atoms with Gasteiger partial charge in [-0.25, -0.2) is 0 Å². The number of likely N-dealkylation sites (tertiary alicyclic amines) is 3. The van der Waals surface area contributed by atoms with Crippen LogP contribution in [0.25, 0.3) is 11.1 Å². The quantitative estimate of drug-likeness (QED) is 0.0895. The monoisotopic (exact) mass is 851 g/mol. The molecule has 2 aromatic rings. The highest BCUT2D eigenvalue weighted by Gasteiger charge is 2.46. The molecule has 6 rings (SSSR count). The van der Waals surface area contributed by atoms with Crippen molar-refractivity contribution in [1.82, 2.24) is 25.3 Å². The Hall–Kier alpha value is -4.89. The second-order valence-electron chi connectivity index (χ2n) is 15.9. The summed E-state index contributed by atoms with van der Waals surface area (Å²) in [5.74, 6) is -1.34. The molecule has 15 nitrogen and oxygen atoms in total. The maximum atomic E-state index is 14.2. The van der Waals surface area contributed by atoms with Crippen molar-refractivity contribution < 1.29 is 28.8 Å². The van der Waals surface area contributed by atoms with E-state index >= 15 is 0 Å². The third-order valence-electron chi connectivity index (χ3n) is 11.6. The number of carbonyl (C=O) groups is 6. The van der Waals surface area contributed by atoms with Crippen LogP contribution in [0.15, 0.2) is 47.5 Å². The van der Waals surface area contributed by atoms with Gasteiger partial charge in [-0.1, -0.05) is 54.2 Å². The molecule has 1 aliphatic carbocycles. The zero-order chi connectivity index (χ0) is 42.1. The molecule has 17 heteroatoms. The number of carbonyl (C=O) groups excluding carboxylic acids is 6. The third-order valence-corrected chi connectivity index (χ3v) is 12.3. The van der Waals surface area contributed by atoms with Crippen molar-refractivity contribution in [1.29, 1.82) is 0 Å². The number of guanidine groups is 1. The number of halogens is 2. The number of rotatable bonds is 17. The summed E-state index contributed by atoms with van der Waals surface area (Å²) in [6, 6.07) is 9.45. The molecule has 318 valence electrons.